The van der Waals surface area contributed by atoms with Crippen LogP contribution in [-0.4, -0.2) is 44.5 Å². The second-order valence-corrected chi connectivity index (χ2v) is 6.23. The van der Waals surface area contributed by atoms with Crippen LogP contribution in [-0.2, 0) is 9.53 Å². The minimum absolute atomic E-state index is 0.141. The summed E-state index contributed by atoms with van der Waals surface area (Å²) in [6.07, 6.45) is 3.08. The molecular weight excluding hydrogens is 347 g/mol. The first-order chi connectivity index (χ1) is 12.9. The van der Waals surface area contributed by atoms with E-state index in [1.807, 2.05) is 25.1 Å². The Labute approximate surface area is 158 Å². The standard InChI is InChI=1S/C21H23FN2O3/c1-24(2)19(17-5-4-6-18(22)13-17)14-23-20(25)12-9-15-7-10-16(11-8-15)21(26)27-3/h4-13,19H,14H2,1-3H3,(H,23,25)/b12-9+. The number of amides is 1. The fourth-order valence-electron chi connectivity index (χ4n) is 2.59. The Bertz CT molecular complexity index is 816. The zero-order valence-corrected chi connectivity index (χ0v) is 15.6. The molecule has 0 bridgehead atoms. The Morgan fingerprint density at radius 1 is 1.19 bits per heavy atom. The molecule has 0 saturated carbocycles. The molecule has 2 aromatic rings. The maximum atomic E-state index is 13.5. The Morgan fingerprint density at radius 3 is 2.48 bits per heavy atom. The predicted octanol–water partition coefficient (Wildman–Crippen LogP) is 3.04. The quantitative estimate of drug-likeness (QED) is 0.601. The highest BCUT2D eigenvalue weighted by atomic mass is 19.1. The van der Waals surface area contributed by atoms with E-state index >= 15 is 0 Å². The largest absolute Gasteiger partial charge is 0.465 e. The molecule has 6 heteroatoms. The number of hydrogen-bond acceptors (Lipinski definition) is 4. The molecule has 5 nitrogen and oxygen atoms in total. The first-order valence-electron chi connectivity index (χ1n) is 8.47. The maximum absolute atomic E-state index is 13.5. The van der Waals surface area contributed by atoms with Crippen LogP contribution in [0.2, 0.25) is 0 Å². The summed E-state index contributed by atoms with van der Waals surface area (Å²) < 4.78 is 18.1. The van der Waals surface area contributed by atoms with Gasteiger partial charge in [-0.25, -0.2) is 9.18 Å². The van der Waals surface area contributed by atoms with Gasteiger partial charge in [0.2, 0.25) is 5.91 Å². The predicted molar refractivity (Wildman–Crippen MR) is 103 cm³/mol. The maximum Gasteiger partial charge on any atom is 0.337 e. The Balaban J connectivity index is 1.95. The van der Waals surface area contributed by atoms with E-state index in [1.54, 1.807) is 36.4 Å². The molecule has 0 heterocycles. The van der Waals surface area contributed by atoms with E-state index in [2.05, 4.69) is 10.1 Å². The molecule has 2 rings (SSSR count). The number of ether oxygens (including phenoxy) is 1. The third-order valence-corrected chi connectivity index (χ3v) is 4.09. The van der Waals surface area contributed by atoms with Gasteiger partial charge in [0, 0.05) is 12.6 Å². The molecule has 0 aliphatic rings. The molecule has 142 valence electrons. The van der Waals surface area contributed by atoms with E-state index in [1.165, 1.54) is 25.3 Å². The fraction of sp³-hybridized carbons (Fsp3) is 0.238. The summed E-state index contributed by atoms with van der Waals surface area (Å²) in [6, 6.07) is 12.9. The Kier molecular flexibility index (Phi) is 7.25. The molecule has 1 atom stereocenters. The van der Waals surface area contributed by atoms with Crippen molar-refractivity contribution in [3.05, 3.63) is 77.1 Å². The number of carbonyl (C=O) groups is 2. The zero-order chi connectivity index (χ0) is 19.8. The number of benzene rings is 2. The SMILES string of the molecule is COC(=O)c1ccc(/C=C/C(=O)NCC(c2cccc(F)c2)N(C)C)cc1. The lowest BCUT2D eigenvalue weighted by Crippen LogP contribution is -2.33. The highest BCUT2D eigenvalue weighted by Crippen LogP contribution is 2.18. The summed E-state index contributed by atoms with van der Waals surface area (Å²) >= 11 is 0. The van der Waals surface area contributed by atoms with Crippen LogP contribution in [0, 0.1) is 5.82 Å². The topological polar surface area (TPSA) is 58.6 Å². The molecule has 0 radical (unpaired) electrons. The molecule has 1 amide bonds. The van der Waals surface area contributed by atoms with Gasteiger partial charge in [-0.05, 0) is 55.6 Å². The highest BCUT2D eigenvalue weighted by Gasteiger charge is 2.15. The average molecular weight is 370 g/mol. The van der Waals surface area contributed by atoms with Crippen LogP contribution in [0.15, 0.2) is 54.6 Å². The summed E-state index contributed by atoms with van der Waals surface area (Å²) in [5.41, 5.74) is 2.03. The van der Waals surface area contributed by atoms with Crippen molar-refractivity contribution in [2.75, 3.05) is 27.7 Å². The molecule has 0 saturated heterocycles. The van der Waals surface area contributed by atoms with Crippen molar-refractivity contribution < 1.29 is 18.7 Å². The van der Waals surface area contributed by atoms with Crippen LogP contribution in [0.1, 0.15) is 27.5 Å². The third-order valence-electron chi connectivity index (χ3n) is 4.09. The van der Waals surface area contributed by atoms with E-state index < -0.39 is 5.97 Å². The monoisotopic (exact) mass is 370 g/mol. The molecule has 0 aliphatic carbocycles. The normalized spacial score (nSPS) is 12.2. The highest BCUT2D eigenvalue weighted by molar-refractivity contribution is 5.92. The number of esters is 1. The summed E-state index contributed by atoms with van der Waals surface area (Å²) in [7, 11) is 5.08. The second kappa shape index (κ2) is 9.64. The van der Waals surface area contributed by atoms with Crippen molar-refractivity contribution in [1.29, 1.82) is 0 Å². The summed E-state index contributed by atoms with van der Waals surface area (Å²) in [5, 5.41) is 2.83. The summed E-state index contributed by atoms with van der Waals surface area (Å²) in [5.74, 6) is -0.966. The number of halogens is 1. The number of nitrogens with one attached hydrogen (secondary N) is 1. The lowest BCUT2D eigenvalue weighted by Gasteiger charge is -2.24. The van der Waals surface area contributed by atoms with Crippen molar-refractivity contribution in [3.8, 4) is 0 Å². The van der Waals surface area contributed by atoms with Gasteiger partial charge in [0.05, 0.1) is 18.7 Å². The lowest BCUT2D eigenvalue weighted by atomic mass is 10.1. The summed E-state index contributed by atoms with van der Waals surface area (Å²) in [4.78, 5) is 25.4. The molecule has 1 unspecified atom stereocenters. The van der Waals surface area contributed by atoms with E-state index in [0.29, 0.717) is 12.1 Å². The number of rotatable bonds is 7. The molecule has 0 aromatic heterocycles. The molecule has 1 N–H and O–H groups in total. The third kappa shape index (κ3) is 6.04. The molecule has 0 fully saturated rings. The first-order valence-corrected chi connectivity index (χ1v) is 8.47. The fourth-order valence-corrected chi connectivity index (χ4v) is 2.59. The minimum Gasteiger partial charge on any atom is -0.465 e. The minimum atomic E-state index is -0.407. The van der Waals surface area contributed by atoms with Gasteiger partial charge in [0.25, 0.3) is 0 Å². The van der Waals surface area contributed by atoms with E-state index in [-0.39, 0.29) is 17.8 Å². The Hall–Kier alpha value is -2.99. The van der Waals surface area contributed by atoms with Gasteiger partial charge < -0.3 is 15.0 Å². The summed E-state index contributed by atoms with van der Waals surface area (Å²) in [6.45, 7) is 0.348. The lowest BCUT2D eigenvalue weighted by molar-refractivity contribution is -0.116. The number of nitrogens with zero attached hydrogens (tertiary/aromatic N) is 1. The second-order valence-electron chi connectivity index (χ2n) is 6.23. The molecular formula is C21H23FN2O3. The van der Waals surface area contributed by atoms with Crippen molar-refractivity contribution in [3.63, 3.8) is 0 Å². The molecule has 0 aliphatic heterocycles. The van der Waals surface area contributed by atoms with Gasteiger partial charge in [-0.3, -0.25) is 4.79 Å². The van der Waals surface area contributed by atoms with Crippen LogP contribution in [0.25, 0.3) is 6.08 Å². The number of likely N-dealkylation sites (N-methyl/N-ethyl adjacent to an activating group) is 1. The van der Waals surface area contributed by atoms with Crippen LogP contribution in [0.5, 0.6) is 0 Å². The first kappa shape index (κ1) is 20.3. The van der Waals surface area contributed by atoms with Gasteiger partial charge in [0.15, 0.2) is 0 Å². The Morgan fingerprint density at radius 2 is 1.89 bits per heavy atom. The molecule has 2 aromatic carbocycles. The van der Waals surface area contributed by atoms with Crippen molar-refractivity contribution in [2.24, 2.45) is 0 Å². The van der Waals surface area contributed by atoms with Crippen LogP contribution in [0.4, 0.5) is 4.39 Å². The average Bonchev–Trinajstić information content (AvgIpc) is 2.66. The van der Waals surface area contributed by atoms with Gasteiger partial charge in [0.1, 0.15) is 5.82 Å². The van der Waals surface area contributed by atoms with Gasteiger partial charge in [-0.2, -0.15) is 0 Å². The van der Waals surface area contributed by atoms with E-state index in [9.17, 15) is 14.0 Å². The zero-order valence-electron chi connectivity index (χ0n) is 15.6. The molecule has 0 spiro atoms. The van der Waals surface area contributed by atoms with Crippen molar-refractivity contribution in [1.82, 2.24) is 10.2 Å². The number of hydrogen-bond donors (Lipinski definition) is 1. The van der Waals surface area contributed by atoms with Crippen LogP contribution < -0.4 is 5.32 Å². The van der Waals surface area contributed by atoms with Gasteiger partial charge in [-0.1, -0.05) is 24.3 Å². The van der Waals surface area contributed by atoms with Crippen LogP contribution in [0.3, 0.4) is 0 Å². The number of methoxy groups -OCH3 is 1. The molecule has 27 heavy (non-hydrogen) atoms. The van der Waals surface area contributed by atoms with E-state index in [4.69, 9.17) is 0 Å². The smallest absolute Gasteiger partial charge is 0.337 e. The van der Waals surface area contributed by atoms with Crippen LogP contribution >= 0.6 is 0 Å². The van der Waals surface area contributed by atoms with E-state index in [0.717, 1.165) is 11.1 Å². The van der Waals surface area contributed by atoms with Gasteiger partial charge in [-0.15, -0.1) is 0 Å². The van der Waals surface area contributed by atoms with Gasteiger partial charge >= 0.3 is 5.97 Å². The number of carbonyl (C=O) groups excluding carboxylic acids is 2. The van der Waals surface area contributed by atoms with Crippen molar-refractivity contribution >= 4 is 18.0 Å². The van der Waals surface area contributed by atoms with Crippen molar-refractivity contribution in [2.45, 2.75) is 6.04 Å².